The minimum Gasteiger partial charge on any atom is -0.487 e. The van der Waals surface area contributed by atoms with E-state index in [-0.39, 0.29) is 5.60 Å². The summed E-state index contributed by atoms with van der Waals surface area (Å²) in [5.74, 6) is 0.923. The van der Waals surface area contributed by atoms with Gasteiger partial charge in [-0.05, 0) is 54.6 Å². The Hall–Kier alpha value is -0.0331. The third-order valence-electron chi connectivity index (χ3n) is 1.38. The summed E-state index contributed by atoms with van der Waals surface area (Å²) in [6.07, 6.45) is 0. The zero-order valence-corrected chi connectivity index (χ0v) is 11.2. The topological polar surface area (TPSA) is 9.23 Å². The highest BCUT2D eigenvalue weighted by Gasteiger charge is 2.14. The van der Waals surface area contributed by atoms with Crippen LogP contribution in [0.15, 0.2) is 18.2 Å². The molecule has 0 unspecified atom stereocenters. The molecular weight excluding hydrogens is 291 g/mol. The number of halogens is 1. The van der Waals surface area contributed by atoms with Crippen molar-refractivity contribution in [3.63, 3.8) is 0 Å². The number of para-hydroxylation sites is 1. The molecule has 3 heteroatoms. The quantitative estimate of drug-likeness (QED) is 0.571. The van der Waals surface area contributed by atoms with Crippen molar-refractivity contribution in [3.05, 3.63) is 21.8 Å². The maximum Gasteiger partial charge on any atom is 0.131 e. The lowest BCUT2D eigenvalue weighted by Gasteiger charge is -2.23. The first-order chi connectivity index (χ1) is 5.90. The molecule has 0 spiro atoms. The molecule has 0 heterocycles. The average molecular weight is 303 g/mol. The molecule has 0 amide bonds. The first-order valence-electron chi connectivity index (χ1n) is 4.09. The molecule has 1 aromatic carbocycles. The SMILES string of the molecule is CC(C)(C)Oc1c([Si])cccc1I. The van der Waals surface area contributed by atoms with Crippen LogP contribution in [0, 0.1) is 3.57 Å². The normalized spacial score (nSPS) is 11.5. The zero-order valence-electron chi connectivity index (χ0n) is 8.02. The molecule has 13 heavy (non-hydrogen) atoms. The van der Waals surface area contributed by atoms with Crippen molar-refractivity contribution in [1.82, 2.24) is 0 Å². The molecule has 0 bridgehead atoms. The number of hydrogen-bond donors (Lipinski definition) is 0. The van der Waals surface area contributed by atoms with Crippen LogP contribution in [0.5, 0.6) is 5.75 Å². The first kappa shape index (κ1) is 11.0. The third-order valence-corrected chi connectivity index (χ3v) is 2.62. The van der Waals surface area contributed by atoms with Gasteiger partial charge in [-0.25, -0.2) is 0 Å². The molecule has 0 aliphatic carbocycles. The zero-order chi connectivity index (χ0) is 10.1. The molecule has 0 saturated carbocycles. The minimum absolute atomic E-state index is 0.150. The number of rotatable bonds is 1. The summed E-state index contributed by atoms with van der Waals surface area (Å²) in [6, 6.07) is 6.02. The minimum atomic E-state index is -0.150. The van der Waals surface area contributed by atoms with Crippen LogP contribution in [0.4, 0.5) is 0 Å². The van der Waals surface area contributed by atoms with Gasteiger partial charge in [0.25, 0.3) is 0 Å². The molecule has 1 rings (SSSR count). The monoisotopic (exact) mass is 303 g/mol. The lowest BCUT2D eigenvalue weighted by Crippen LogP contribution is -2.27. The number of hydrogen-bond acceptors (Lipinski definition) is 1. The van der Waals surface area contributed by atoms with E-state index in [1.165, 1.54) is 0 Å². The van der Waals surface area contributed by atoms with E-state index in [1.807, 2.05) is 39.0 Å². The van der Waals surface area contributed by atoms with Gasteiger partial charge in [0.05, 0.1) is 13.8 Å². The van der Waals surface area contributed by atoms with Crippen molar-refractivity contribution < 1.29 is 4.74 Å². The molecule has 0 saturated heterocycles. The highest BCUT2D eigenvalue weighted by atomic mass is 127. The summed E-state index contributed by atoms with van der Waals surface area (Å²) >= 11 is 2.27. The Morgan fingerprint density at radius 1 is 1.31 bits per heavy atom. The summed E-state index contributed by atoms with van der Waals surface area (Å²) in [5.41, 5.74) is -0.150. The van der Waals surface area contributed by atoms with Crippen LogP contribution in [-0.2, 0) is 0 Å². The molecule has 0 aromatic heterocycles. The summed E-state index contributed by atoms with van der Waals surface area (Å²) in [7, 11) is 3.52. The molecule has 0 aliphatic heterocycles. The Balaban J connectivity index is 3.00. The van der Waals surface area contributed by atoms with Crippen LogP contribution in [0.25, 0.3) is 0 Å². The molecule has 1 nitrogen and oxygen atoms in total. The van der Waals surface area contributed by atoms with Gasteiger partial charge in [-0.15, -0.1) is 0 Å². The fourth-order valence-corrected chi connectivity index (χ4v) is 2.06. The second-order valence-electron chi connectivity index (χ2n) is 3.83. The summed E-state index contributed by atoms with van der Waals surface area (Å²) < 4.78 is 6.93. The van der Waals surface area contributed by atoms with Crippen LogP contribution in [0.2, 0.25) is 0 Å². The molecular formula is C10H12IOSi. The molecule has 69 valence electrons. The fraction of sp³-hybridized carbons (Fsp3) is 0.400. The molecule has 0 fully saturated rings. The summed E-state index contributed by atoms with van der Waals surface area (Å²) in [4.78, 5) is 0. The van der Waals surface area contributed by atoms with Gasteiger partial charge in [-0.1, -0.05) is 12.1 Å². The highest BCUT2D eigenvalue weighted by molar-refractivity contribution is 14.1. The van der Waals surface area contributed by atoms with Crippen molar-refractivity contribution in [2.24, 2.45) is 0 Å². The van der Waals surface area contributed by atoms with E-state index < -0.39 is 0 Å². The van der Waals surface area contributed by atoms with Crippen molar-refractivity contribution in [1.29, 1.82) is 0 Å². The molecule has 0 aliphatic rings. The van der Waals surface area contributed by atoms with Crippen LogP contribution < -0.4 is 9.92 Å². The van der Waals surface area contributed by atoms with Gasteiger partial charge in [0.2, 0.25) is 0 Å². The van der Waals surface area contributed by atoms with E-state index in [2.05, 4.69) is 32.8 Å². The van der Waals surface area contributed by atoms with Gasteiger partial charge in [0.15, 0.2) is 0 Å². The van der Waals surface area contributed by atoms with E-state index in [4.69, 9.17) is 4.74 Å². The van der Waals surface area contributed by atoms with Gasteiger partial charge in [0, 0.05) is 0 Å². The van der Waals surface area contributed by atoms with Crippen molar-refractivity contribution in [2.75, 3.05) is 0 Å². The fourth-order valence-electron chi connectivity index (χ4n) is 0.919. The summed E-state index contributed by atoms with van der Waals surface area (Å²) in [5, 5.41) is 1.00. The van der Waals surface area contributed by atoms with Crippen molar-refractivity contribution in [2.45, 2.75) is 26.4 Å². The Morgan fingerprint density at radius 2 is 1.92 bits per heavy atom. The van der Waals surface area contributed by atoms with Crippen molar-refractivity contribution >= 4 is 38.0 Å². The molecule has 3 radical (unpaired) electrons. The Labute approximate surface area is 96.4 Å². The smallest absolute Gasteiger partial charge is 0.131 e. The second-order valence-corrected chi connectivity index (χ2v) is 5.53. The number of ether oxygens (including phenoxy) is 1. The third kappa shape index (κ3) is 3.30. The maximum atomic E-state index is 5.81. The Morgan fingerprint density at radius 3 is 2.38 bits per heavy atom. The van der Waals surface area contributed by atoms with Gasteiger partial charge in [-0.3, -0.25) is 0 Å². The van der Waals surface area contributed by atoms with Gasteiger partial charge < -0.3 is 4.74 Å². The maximum absolute atomic E-state index is 5.81. The molecule has 1 aromatic rings. The van der Waals surface area contributed by atoms with Gasteiger partial charge in [-0.2, -0.15) is 0 Å². The Kier molecular flexibility index (Phi) is 3.40. The highest BCUT2D eigenvalue weighted by Crippen LogP contribution is 2.21. The van der Waals surface area contributed by atoms with Crippen LogP contribution in [0.1, 0.15) is 20.8 Å². The average Bonchev–Trinajstić information content (AvgIpc) is 1.95. The van der Waals surface area contributed by atoms with Gasteiger partial charge >= 0.3 is 0 Å². The van der Waals surface area contributed by atoms with Crippen LogP contribution in [0.3, 0.4) is 0 Å². The Bertz CT molecular complexity index is 284. The second kappa shape index (κ2) is 4.00. The van der Waals surface area contributed by atoms with Crippen molar-refractivity contribution in [3.8, 4) is 5.75 Å². The van der Waals surface area contributed by atoms with E-state index in [1.54, 1.807) is 0 Å². The molecule has 0 atom stereocenters. The molecule has 0 N–H and O–H groups in total. The van der Waals surface area contributed by atoms with Crippen LogP contribution >= 0.6 is 22.6 Å². The lowest BCUT2D eigenvalue weighted by atomic mass is 10.2. The predicted molar refractivity (Wildman–Crippen MR) is 64.9 cm³/mol. The van der Waals surface area contributed by atoms with E-state index in [0.29, 0.717) is 0 Å². The largest absolute Gasteiger partial charge is 0.487 e. The summed E-state index contributed by atoms with van der Waals surface area (Å²) in [6.45, 7) is 6.13. The first-order valence-corrected chi connectivity index (χ1v) is 5.67. The number of benzene rings is 1. The van der Waals surface area contributed by atoms with Gasteiger partial charge in [0.1, 0.15) is 11.4 Å². The van der Waals surface area contributed by atoms with Crippen LogP contribution in [-0.4, -0.2) is 15.8 Å². The lowest BCUT2D eigenvalue weighted by molar-refractivity contribution is 0.131. The van der Waals surface area contributed by atoms with E-state index >= 15 is 0 Å². The van der Waals surface area contributed by atoms with E-state index in [9.17, 15) is 0 Å². The van der Waals surface area contributed by atoms with E-state index in [0.717, 1.165) is 14.5 Å². The predicted octanol–water partition coefficient (Wildman–Crippen LogP) is 2.26. The standard InChI is InChI=1S/C10H12IOSi/c1-10(2,3)12-9-7(11)5-4-6-8(9)13/h4-6H,1-3H3.